The lowest BCUT2D eigenvalue weighted by atomic mass is 10.1. The number of nitrogens with zero attached hydrogens (tertiary/aromatic N) is 2. The van der Waals surface area contributed by atoms with E-state index in [1.54, 1.807) is 0 Å². The smallest absolute Gasteiger partial charge is 0.394 e. The van der Waals surface area contributed by atoms with Crippen molar-refractivity contribution in [1.82, 2.24) is 19.1 Å². The van der Waals surface area contributed by atoms with Crippen LogP contribution in [0.1, 0.15) is 96.4 Å². The molecule has 2 aromatic rings. The van der Waals surface area contributed by atoms with Crippen LogP contribution in [0.3, 0.4) is 0 Å². The van der Waals surface area contributed by atoms with Crippen LogP contribution in [0.2, 0.25) is 0 Å². The number of rotatable bonds is 16. The van der Waals surface area contributed by atoms with E-state index in [0.717, 1.165) is 78.8 Å². The van der Waals surface area contributed by atoms with Crippen LogP contribution in [0.4, 0.5) is 0 Å². The molecule has 2 aliphatic carbocycles. The number of aliphatic hydroxyl groups is 1. The van der Waals surface area contributed by atoms with Gasteiger partial charge in [0.25, 0.3) is 11.1 Å². The van der Waals surface area contributed by atoms with Gasteiger partial charge in [0.15, 0.2) is 12.5 Å². The number of aromatic amines is 2. The molecule has 2 saturated heterocycles. The first-order chi connectivity index (χ1) is 27.3. The standard InChI is InChI=1S/C34H52N4O17P2/c1-2-48-56(44,45)55-28-24(53-32(38-18-16-26(41)36-34(38)43)30(28)51-22-13-9-5-6-10-14-22)20-49-57(46,47)54-27-23(19-39)52-31(37-17-15-25(40)35-33(37)42)29(27)50-21-11-7-3-4-8-12-21/h15-18,21-24,27-32,39H,2-14,19-20H2,1H3,(H,44,45)(H,46,47)(H,35,40,42)(H,36,41,43)/t23-,24-,27?,28?,29?,30?,31-,32-/m1/s1. The first-order valence-corrected chi connectivity index (χ1v) is 22.4. The molecule has 4 fully saturated rings. The van der Waals surface area contributed by atoms with Gasteiger partial charge in [-0.2, -0.15) is 0 Å². The molecule has 2 aromatic heterocycles. The minimum Gasteiger partial charge on any atom is -0.394 e. The van der Waals surface area contributed by atoms with Gasteiger partial charge in [-0.05, 0) is 32.6 Å². The van der Waals surface area contributed by atoms with Crippen molar-refractivity contribution in [1.29, 1.82) is 0 Å². The SMILES string of the molecule is CCOP(=O)(O)OC1C(OC2CCCCCC2)[C@H](n2ccc(=O)[nH]c2=O)O[C@@H]1COP(=O)(O)OC1C(OC2CCCCCC2)[C@H](n2ccc(=O)[nH]c2=O)O[C@@H]1CO. The van der Waals surface area contributed by atoms with E-state index in [9.17, 15) is 43.2 Å². The van der Waals surface area contributed by atoms with Gasteiger partial charge in [0, 0.05) is 24.5 Å². The zero-order valence-corrected chi connectivity index (χ0v) is 33.3. The van der Waals surface area contributed by atoms with Crippen LogP contribution in [0.5, 0.6) is 0 Å². The molecule has 0 spiro atoms. The monoisotopic (exact) mass is 850 g/mol. The molecule has 0 amide bonds. The summed E-state index contributed by atoms with van der Waals surface area (Å²) in [4.78, 5) is 75.9. The van der Waals surface area contributed by atoms with Gasteiger partial charge in [-0.3, -0.25) is 46.8 Å². The molecule has 0 bridgehead atoms. The summed E-state index contributed by atoms with van der Waals surface area (Å²) in [7, 11) is -10.0. The number of aliphatic hydroxyl groups excluding tert-OH is 1. The zero-order valence-electron chi connectivity index (χ0n) is 31.5. The van der Waals surface area contributed by atoms with Gasteiger partial charge < -0.3 is 33.8 Å². The number of nitrogens with one attached hydrogen (secondary N) is 2. The molecule has 5 N–H and O–H groups in total. The van der Waals surface area contributed by atoms with E-state index < -0.39 is 100 Å². The molecule has 23 heteroatoms. The number of ether oxygens (including phenoxy) is 4. The highest BCUT2D eigenvalue weighted by atomic mass is 31.2. The van der Waals surface area contributed by atoms with E-state index in [4.69, 9.17) is 37.0 Å². The van der Waals surface area contributed by atoms with Crippen LogP contribution in [-0.4, -0.2) is 103 Å². The Morgan fingerprint density at radius 3 is 1.51 bits per heavy atom. The van der Waals surface area contributed by atoms with Gasteiger partial charge >= 0.3 is 27.0 Å². The molecule has 4 aliphatic rings. The molecule has 21 nitrogen and oxygen atoms in total. The van der Waals surface area contributed by atoms with Crippen LogP contribution in [0.15, 0.2) is 43.7 Å². The quantitative estimate of drug-likeness (QED) is 0.119. The van der Waals surface area contributed by atoms with Crippen LogP contribution in [0, 0.1) is 0 Å². The molecule has 10 atom stereocenters. The fourth-order valence-corrected chi connectivity index (χ4v) is 9.75. The van der Waals surface area contributed by atoms with Crippen molar-refractivity contribution < 1.29 is 61.1 Å². The molecular formula is C34H52N4O17P2. The molecule has 57 heavy (non-hydrogen) atoms. The lowest BCUT2D eigenvalue weighted by Crippen LogP contribution is -2.42. The Morgan fingerprint density at radius 1 is 0.667 bits per heavy atom. The Balaban J connectivity index is 1.28. The van der Waals surface area contributed by atoms with Crippen molar-refractivity contribution in [3.8, 4) is 0 Å². The number of aromatic nitrogens is 4. The molecule has 0 radical (unpaired) electrons. The second-order valence-corrected chi connectivity index (χ2v) is 17.4. The van der Waals surface area contributed by atoms with E-state index in [-0.39, 0.29) is 18.8 Å². The molecule has 6 rings (SSSR count). The van der Waals surface area contributed by atoms with E-state index in [1.165, 1.54) is 13.1 Å². The summed E-state index contributed by atoms with van der Waals surface area (Å²) in [6, 6.07) is 2.16. The van der Waals surface area contributed by atoms with Gasteiger partial charge in [-0.1, -0.05) is 51.4 Å². The summed E-state index contributed by atoms with van der Waals surface area (Å²) >= 11 is 0. The Bertz CT molecular complexity index is 1960. The summed E-state index contributed by atoms with van der Waals surface area (Å²) in [6.45, 7) is -0.315. The first-order valence-electron chi connectivity index (χ1n) is 19.4. The molecule has 2 aliphatic heterocycles. The highest BCUT2D eigenvalue weighted by molar-refractivity contribution is 7.47. The summed E-state index contributed by atoms with van der Waals surface area (Å²) in [5.74, 6) is 0. The van der Waals surface area contributed by atoms with E-state index in [2.05, 4.69) is 9.97 Å². The molecule has 0 aromatic carbocycles. The Morgan fingerprint density at radius 2 is 1.09 bits per heavy atom. The van der Waals surface area contributed by atoms with Crippen molar-refractivity contribution in [2.45, 2.75) is 145 Å². The minimum absolute atomic E-state index is 0.217. The normalized spacial score (nSPS) is 31.4. The largest absolute Gasteiger partial charge is 0.472 e. The van der Waals surface area contributed by atoms with Crippen molar-refractivity contribution in [3.05, 3.63) is 66.2 Å². The number of hydrogen-bond donors (Lipinski definition) is 5. The average Bonchev–Trinajstić information content (AvgIpc) is 3.37. The third kappa shape index (κ3) is 11.4. The summed E-state index contributed by atoms with van der Waals surface area (Å²) in [5.41, 5.74) is -3.09. The number of phosphoric acid groups is 2. The Hall–Kier alpha value is -2.62. The predicted octanol–water partition coefficient (Wildman–Crippen LogP) is 2.11. The van der Waals surface area contributed by atoms with Crippen molar-refractivity contribution >= 4 is 15.6 Å². The maximum absolute atomic E-state index is 13.9. The second-order valence-electron chi connectivity index (χ2n) is 14.6. The fraction of sp³-hybridized carbons (Fsp3) is 0.765. The Labute approximate surface area is 326 Å². The van der Waals surface area contributed by atoms with E-state index >= 15 is 0 Å². The van der Waals surface area contributed by atoms with Crippen molar-refractivity contribution in [2.75, 3.05) is 19.8 Å². The number of phosphoric ester groups is 2. The summed E-state index contributed by atoms with van der Waals surface area (Å²) in [6.07, 6.45) is 0.398. The van der Waals surface area contributed by atoms with Gasteiger partial charge in [0.2, 0.25) is 0 Å². The minimum atomic E-state index is -5.21. The highest BCUT2D eigenvalue weighted by Crippen LogP contribution is 2.52. The number of H-pyrrole nitrogens is 2. The van der Waals surface area contributed by atoms with E-state index in [0.29, 0.717) is 25.7 Å². The number of hydrogen-bond acceptors (Lipinski definition) is 15. The van der Waals surface area contributed by atoms with E-state index in [1.807, 2.05) is 0 Å². The van der Waals surface area contributed by atoms with Crippen LogP contribution >= 0.6 is 15.6 Å². The van der Waals surface area contributed by atoms with Crippen molar-refractivity contribution in [2.24, 2.45) is 0 Å². The summed E-state index contributed by atoms with van der Waals surface area (Å²) < 4.78 is 75.8. The third-order valence-corrected chi connectivity index (χ3v) is 12.6. The van der Waals surface area contributed by atoms with Gasteiger partial charge in [0.1, 0.15) is 36.6 Å². The topological polar surface area (TPSA) is 278 Å². The lowest BCUT2D eigenvalue weighted by Gasteiger charge is -2.30. The molecule has 4 heterocycles. The second kappa shape index (κ2) is 19.6. The van der Waals surface area contributed by atoms with Crippen molar-refractivity contribution in [3.63, 3.8) is 0 Å². The lowest BCUT2D eigenvalue weighted by molar-refractivity contribution is -0.107. The Kier molecular flexibility index (Phi) is 15.1. The van der Waals surface area contributed by atoms with Crippen LogP contribution in [-0.2, 0) is 46.2 Å². The van der Waals surface area contributed by atoms with Gasteiger partial charge in [-0.25, -0.2) is 18.7 Å². The molecule has 6 unspecified atom stereocenters. The maximum Gasteiger partial charge on any atom is 0.472 e. The fourth-order valence-electron chi connectivity index (χ4n) is 7.84. The molecule has 320 valence electrons. The third-order valence-electron chi connectivity index (χ3n) is 10.5. The van der Waals surface area contributed by atoms with Crippen LogP contribution < -0.4 is 22.5 Å². The predicted molar refractivity (Wildman–Crippen MR) is 197 cm³/mol. The van der Waals surface area contributed by atoms with Gasteiger partial charge in [-0.15, -0.1) is 0 Å². The first kappa shape index (κ1) is 43.9. The summed E-state index contributed by atoms with van der Waals surface area (Å²) in [5, 5.41) is 10.3. The van der Waals surface area contributed by atoms with Crippen LogP contribution in [0.25, 0.3) is 0 Å². The molecule has 2 saturated carbocycles. The molecular weight excluding hydrogens is 798 g/mol. The average molecular weight is 851 g/mol. The highest BCUT2D eigenvalue weighted by Gasteiger charge is 2.54. The maximum atomic E-state index is 13.9. The zero-order chi connectivity index (χ0) is 40.7. The van der Waals surface area contributed by atoms with Gasteiger partial charge in [0.05, 0.1) is 32.0 Å².